The largest absolute Gasteiger partial charge is 0.251 e. The molecule has 0 radical (unpaired) electrons. The minimum atomic E-state index is 0. The van der Waals surface area contributed by atoms with Gasteiger partial charge in [0.1, 0.15) is 5.71 Å². The fraction of sp³-hybridized carbons (Fsp3) is 0.698. The van der Waals surface area contributed by atoms with Gasteiger partial charge in [-0.2, -0.15) is 0 Å². The van der Waals surface area contributed by atoms with E-state index in [1.807, 2.05) is 0 Å². The normalized spacial score (nSPS) is 11.8. The van der Waals surface area contributed by atoms with Gasteiger partial charge in [-0.3, -0.25) is 4.99 Å². The van der Waals surface area contributed by atoms with Gasteiger partial charge in [-0.1, -0.05) is 188 Å². The molecule has 0 amide bonds. The third-order valence-electron chi connectivity index (χ3n) is 11.3. The van der Waals surface area contributed by atoms with E-state index < -0.39 is 0 Å². The number of aliphatic imine (C=N–C) groups is 2. The van der Waals surface area contributed by atoms with Crippen LogP contribution in [0.5, 0.6) is 0 Å². The Morgan fingerprint density at radius 1 is 0.411 bits per heavy atom. The number of benzene rings is 2. The molecule has 0 spiro atoms. The summed E-state index contributed by atoms with van der Waals surface area (Å²) in [5.74, 6) is 7.07. The van der Waals surface area contributed by atoms with Crippen LogP contribution in [0.1, 0.15) is 237 Å². The average molecular weight is 810 g/mol. The Morgan fingerprint density at radius 3 is 1.16 bits per heavy atom. The molecule has 56 heavy (non-hydrogen) atoms. The van der Waals surface area contributed by atoms with Crippen molar-refractivity contribution in [1.82, 2.24) is 0 Å². The fourth-order valence-electron chi connectivity index (χ4n) is 7.71. The van der Waals surface area contributed by atoms with Crippen LogP contribution in [0.25, 0.3) is 0 Å². The standard InChI is InChI=1S/C53H86N2.Ni/c1-7-12-17-18-19-20-21-22-23-24-25-26-27-28-29-34-39-53(55-52-43-41-48(36-31-14-9-3)50(45-52)38-33-16-11-5)46(6)54-51-42-40-47(35-30-13-8-2)49(44-51)37-32-15-10-4;/h40-45H,7-33,35-38H2,1-6H3;. The van der Waals surface area contributed by atoms with Gasteiger partial charge in [-0.25, -0.2) is 4.99 Å². The van der Waals surface area contributed by atoms with E-state index in [4.69, 9.17) is 9.98 Å². The Kier molecular flexibility index (Phi) is 33.3. The topological polar surface area (TPSA) is 24.7 Å². The number of unbranched alkanes of at least 4 members (excludes halogenated alkanes) is 22. The van der Waals surface area contributed by atoms with Gasteiger partial charge in [0, 0.05) is 22.9 Å². The number of aryl methyl sites for hydroxylation is 4. The Bertz CT molecular complexity index is 1380. The van der Waals surface area contributed by atoms with Crippen LogP contribution in [0.3, 0.4) is 0 Å². The van der Waals surface area contributed by atoms with Crippen LogP contribution in [-0.4, -0.2) is 11.4 Å². The monoisotopic (exact) mass is 809 g/mol. The predicted molar refractivity (Wildman–Crippen MR) is 248 cm³/mol. The van der Waals surface area contributed by atoms with E-state index in [1.165, 1.54) is 202 Å². The second-order valence-corrected chi connectivity index (χ2v) is 16.5. The summed E-state index contributed by atoms with van der Waals surface area (Å²) in [7, 11) is 0. The predicted octanol–water partition coefficient (Wildman–Crippen LogP) is 17.4. The van der Waals surface area contributed by atoms with E-state index in [0.717, 1.165) is 42.1 Å². The summed E-state index contributed by atoms with van der Waals surface area (Å²) in [4.78, 5) is 10.5. The third-order valence-corrected chi connectivity index (χ3v) is 11.3. The first-order valence-electron chi connectivity index (χ1n) is 23.9. The van der Waals surface area contributed by atoms with Gasteiger partial charge in [0.25, 0.3) is 0 Å². The maximum Gasteiger partial charge on any atom is 0.135 e. The molecule has 0 bridgehead atoms. The van der Waals surface area contributed by atoms with Crippen LogP contribution in [0.15, 0.2) is 46.4 Å². The molecular formula is C53H86N2Ni. The van der Waals surface area contributed by atoms with Gasteiger partial charge in [-0.05, 0) is 117 Å². The van der Waals surface area contributed by atoms with Gasteiger partial charge >= 0.3 is 0 Å². The smallest absolute Gasteiger partial charge is 0.135 e. The molecule has 0 saturated heterocycles. The van der Waals surface area contributed by atoms with Crippen molar-refractivity contribution in [3.8, 4) is 11.8 Å². The molecule has 0 unspecified atom stereocenters. The molecular weight excluding hydrogens is 723 g/mol. The quantitative estimate of drug-likeness (QED) is 0.0297. The van der Waals surface area contributed by atoms with E-state index >= 15 is 0 Å². The Hall–Kier alpha value is -2.17. The summed E-state index contributed by atoms with van der Waals surface area (Å²) < 4.78 is 0. The number of hydrogen-bond donors (Lipinski definition) is 0. The minimum absolute atomic E-state index is 0. The summed E-state index contributed by atoms with van der Waals surface area (Å²) in [6, 6.07) is 13.9. The second-order valence-electron chi connectivity index (χ2n) is 16.5. The second kappa shape index (κ2) is 36.0. The molecule has 0 aromatic heterocycles. The molecule has 318 valence electrons. The van der Waals surface area contributed by atoms with Gasteiger partial charge < -0.3 is 0 Å². The van der Waals surface area contributed by atoms with Crippen molar-refractivity contribution >= 4 is 22.8 Å². The Morgan fingerprint density at radius 2 is 0.750 bits per heavy atom. The summed E-state index contributed by atoms with van der Waals surface area (Å²) in [6.07, 6.45) is 40.1. The molecule has 0 heterocycles. The van der Waals surface area contributed by atoms with Crippen LogP contribution in [0, 0.1) is 11.8 Å². The summed E-state index contributed by atoms with van der Waals surface area (Å²) in [5, 5.41) is 0. The van der Waals surface area contributed by atoms with Crippen molar-refractivity contribution in [1.29, 1.82) is 0 Å². The number of nitrogens with zero attached hydrogens (tertiary/aromatic N) is 2. The molecule has 2 rings (SSSR count). The third kappa shape index (κ3) is 24.6. The molecule has 0 aliphatic heterocycles. The van der Waals surface area contributed by atoms with E-state index in [2.05, 4.69) is 89.8 Å². The number of rotatable bonds is 33. The molecule has 2 aromatic rings. The number of hydrogen-bond acceptors (Lipinski definition) is 2. The minimum Gasteiger partial charge on any atom is -0.251 e. The van der Waals surface area contributed by atoms with E-state index in [0.29, 0.717) is 0 Å². The van der Waals surface area contributed by atoms with Gasteiger partial charge in [0.05, 0.1) is 17.1 Å². The van der Waals surface area contributed by atoms with Crippen LogP contribution in [0.2, 0.25) is 0 Å². The van der Waals surface area contributed by atoms with Crippen molar-refractivity contribution < 1.29 is 16.5 Å². The zero-order chi connectivity index (χ0) is 39.6. The van der Waals surface area contributed by atoms with E-state index in [1.54, 1.807) is 0 Å². The maximum atomic E-state index is 5.25. The molecule has 0 N–H and O–H groups in total. The van der Waals surface area contributed by atoms with Gasteiger partial charge in [0.2, 0.25) is 0 Å². The zero-order valence-corrected chi connectivity index (χ0v) is 38.6. The first-order valence-corrected chi connectivity index (χ1v) is 23.9. The Balaban J connectivity index is 0.0000157. The molecule has 0 saturated carbocycles. The SMILES string of the molecule is CCCCCCCCCCCCCCCCC#CC(=Nc1ccc(CCCCC)c(CCCCC)c1)C(C)=Nc1ccc(CCCCC)c(CCCCC)c1.[Ni]. The molecule has 0 aliphatic carbocycles. The summed E-state index contributed by atoms with van der Waals surface area (Å²) >= 11 is 0. The maximum absolute atomic E-state index is 5.25. The Labute approximate surface area is 358 Å². The van der Waals surface area contributed by atoms with Crippen molar-refractivity contribution in [3.63, 3.8) is 0 Å². The molecule has 2 aromatic carbocycles. The van der Waals surface area contributed by atoms with Crippen molar-refractivity contribution in [2.24, 2.45) is 9.98 Å². The average Bonchev–Trinajstić information content (AvgIpc) is 3.19. The van der Waals surface area contributed by atoms with Crippen LogP contribution >= 0.6 is 0 Å². The summed E-state index contributed by atoms with van der Waals surface area (Å²) in [5.41, 5.74) is 9.78. The molecule has 0 atom stereocenters. The van der Waals surface area contributed by atoms with Crippen LogP contribution in [-0.2, 0) is 42.2 Å². The van der Waals surface area contributed by atoms with Crippen LogP contribution < -0.4 is 0 Å². The molecule has 0 fully saturated rings. The first kappa shape index (κ1) is 51.9. The van der Waals surface area contributed by atoms with Crippen molar-refractivity contribution in [2.45, 2.75) is 241 Å². The molecule has 2 nitrogen and oxygen atoms in total. The van der Waals surface area contributed by atoms with Crippen molar-refractivity contribution in [3.05, 3.63) is 58.7 Å². The summed E-state index contributed by atoms with van der Waals surface area (Å²) in [6.45, 7) is 13.6. The van der Waals surface area contributed by atoms with Gasteiger partial charge in [0.15, 0.2) is 0 Å². The van der Waals surface area contributed by atoms with Crippen molar-refractivity contribution in [2.75, 3.05) is 0 Å². The van der Waals surface area contributed by atoms with E-state index in [9.17, 15) is 0 Å². The zero-order valence-electron chi connectivity index (χ0n) is 37.6. The molecule has 3 heteroatoms. The van der Waals surface area contributed by atoms with Crippen LogP contribution in [0.4, 0.5) is 11.4 Å². The fourth-order valence-corrected chi connectivity index (χ4v) is 7.71. The first-order chi connectivity index (χ1) is 27.1. The van der Waals surface area contributed by atoms with E-state index in [-0.39, 0.29) is 16.5 Å². The van der Waals surface area contributed by atoms with Gasteiger partial charge in [-0.15, -0.1) is 0 Å². The molecule has 0 aliphatic rings.